The monoisotopic (exact) mass is 353 g/mol. The zero-order valence-electron chi connectivity index (χ0n) is 6.20. The molecule has 8 heteroatoms. The van der Waals surface area contributed by atoms with Crippen molar-refractivity contribution in [2.75, 3.05) is 0 Å². The summed E-state index contributed by atoms with van der Waals surface area (Å²) in [6.45, 7) is 0. The number of alkyl halides is 3. The average Bonchev–Trinajstić information content (AvgIpc) is 2.04. The van der Waals surface area contributed by atoms with Crippen LogP contribution in [0.5, 0.6) is 5.88 Å². The molecular formula is C6HBr2ClF3NO. The Hall–Kier alpha value is -0.0100. The number of halogens is 6. The van der Waals surface area contributed by atoms with Crippen LogP contribution in [0.25, 0.3) is 0 Å². The molecule has 1 heterocycles. The molecule has 0 aliphatic carbocycles. The van der Waals surface area contributed by atoms with Crippen molar-refractivity contribution in [2.45, 2.75) is 6.36 Å². The minimum absolute atomic E-state index is 0.0501. The van der Waals surface area contributed by atoms with Gasteiger partial charge < -0.3 is 4.74 Å². The van der Waals surface area contributed by atoms with Crippen molar-refractivity contribution >= 4 is 43.5 Å². The first-order valence-corrected chi connectivity index (χ1v) is 5.03. The molecule has 0 N–H and O–H groups in total. The fourth-order valence-corrected chi connectivity index (χ4v) is 1.70. The highest BCUT2D eigenvalue weighted by Crippen LogP contribution is 2.37. The van der Waals surface area contributed by atoms with Crippen LogP contribution in [0, 0.1) is 0 Å². The van der Waals surface area contributed by atoms with Gasteiger partial charge in [0.05, 0.1) is 14.0 Å². The molecule has 0 aliphatic heterocycles. The Bertz CT molecular complexity index is 358. The fraction of sp³-hybridized carbons (Fsp3) is 0.167. The zero-order chi connectivity index (χ0) is 10.9. The van der Waals surface area contributed by atoms with E-state index in [-0.39, 0.29) is 9.50 Å². The molecule has 0 bridgehead atoms. The van der Waals surface area contributed by atoms with Crippen LogP contribution in [0.3, 0.4) is 0 Å². The number of ether oxygens (including phenoxy) is 1. The lowest BCUT2D eigenvalue weighted by Crippen LogP contribution is -2.18. The van der Waals surface area contributed by atoms with Gasteiger partial charge in [-0.05, 0) is 31.9 Å². The highest BCUT2D eigenvalue weighted by atomic mass is 79.9. The van der Waals surface area contributed by atoms with Crippen molar-refractivity contribution in [1.82, 2.24) is 4.98 Å². The van der Waals surface area contributed by atoms with E-state index in [0.717, 1.165) is 6.20 Å². The zero-order valence-corrected chi connectivity index (χ0v) is 10.1. The molecule has 0 saturated carbocycles. The summed E-state index contributed by atoms with van der Waals surface area (Å²) in [4.78, 5) is 3.40. The lowest BCUT2D eigenvalue weighted by molar-refractivity contribution is -0.276. The SMILES string of the molecule is FC(F)(F)Oc1ncc(Br)c(Cl)c1Br. The Labute approximate surface area is 98.7 Å². The summed E-state index contributed by atoms with van der Waals surface area (Å²) >= 11 is 11.5. The second-order valence-corrected chi connectivity index (χ2v) is 4.11. The summed E-state index contributed by atoms with van der Waals surface area (Å²) < 4.78 is 39.4. The van der Waals surface area contributed by atoms with Crippen LogP contribution in [0.2, 0.25) is 5.02 Å². The molecule has 0 saturated heterocycles. The number of nitrogens with zero attached hydrogens (tertiary/aromatic N) is 1. The molecule has 0 radical (unpaired) electrons. The lowest BCUT2D eigenvalue weighted by atomic mass is 10.5. The number of rotatable bonds is 1. The van der Waals surface area contributed by atoms with Gasteiger partial charge in [0.2, 0.25) is 5.88 Å². The quantitative estimate of drug-likeness (QED) is 0.755. The molecule has 0 spiro atoms. The van der Waals surface area contributed by atoms with Gasteiger partial charge >= 0.3 is 6.36 Å². The Balaban J connectivity index is 3.06. The van der Waals surface area contributed by atoms with Crippen molar-refractivity contribution < 1.29 is 17.9 Å². The molecule has 0 aliphatic rings. The van der Waals surface area contributed by atoms with Crippen molar-refractivity contribution in [3.05, 3.63) is 20.2 Å². The molecule has 0 amide bonds. The first-order chi connectivity index (χ1) is 6.31. The molecule has 2 nitrogen and oxygen atoms in total. The maximum Gasteiger partial charge on any atom is 0.574 e. The van der Waals surface area contributed by atoms with Gasteiger partial charge in [0.1, 0.15) is 0 Å². The first kappa shape index (κ1) is 12.1. The topological polar surface area (TPSA) is 22.1 Å². The van der Waals surface area contributed by atoms with E-state index in [2.05, 4.69) is 41.6 Å². The van der Waals surface area contributed by atoms with Crippen LogP contribution in [-0.4, -0.2) is 11.3 Å². The summed E-state index contributed by atoms with van der Waals surface area (Å²) in [7, 11) is 0. The van der Waals surface area contributed by atoms with E-state index < -0.39 is 12.2 Å². The Morgan fingerprint density at radius 2 is 1.93 bits per heavy atom. The van der Waals surface area contributed by atoms with Gasteiger partial charge in [0.15, 0.2) is 0 Å². The molecule has 1 aromatic heterocycles. The predicted molar refractivity (Wildman–Crippen MR) is 51.3 cm³/mol. The molecule has 0 atom stereocenters. The Morgan fingerprint density at radius 1 is 1.36 bits per heavy atom. The largest absolute Gasteiger partial charge is 0.574 e. The molecule has 14 heavy (non-hydrogen) atoms. The van der Waals surface area contributed by atoms with E-state index in [1.54, 1.807) is 0 Å². The van der Waals surface area contributed by atoms with E-state index in [0.29, 0.717) is 4.47 Å². The third kappa shape index (κ3) is 2.99. The van der Waals surface area contributed by atoms with Gasteiger partial charge in [0, 0.05) is 6.20 Å². The van der Waals surface area contributed by atoms with Crippen LogP contribution >= 0.6 is 43.5 Å². The second kappa shape index (κ2) is 4.24. The summed E-state index contributed by atoms with van der Waals surface area (Å²) in [6.07, 6.45) is -3.67. The van der Waals surface area contributed by atoms with Crippen LogP contribution in [0.1, 0.15) is 0 Å². The maximum atomic E-state index is 11.8. The van der Waals surface area contributed by atoms with E-state index in [1.807, 2.05) is 0 Å². The van der Waals surface area contributed by atoms with Gasteiger partial charge in [0.25, 0.3) is 0 Å². The van der Waals surface area contributed by atoms with Gasteiger partial charge in [-0.1, -0.05) is 11.6 Å². The molecule has 78 valence electrons. The van der Waals surface area contributed by atoms with Crippen molar-refractivity contribution in [2.24, 2.45) is 0 Å². The maximum absolute atomic E-state index is 11.8. The molecular weight excluding hydrogens is 354 g/mol. The van der Waals surface area contributed by atoms with Crippen LogP contribution in [-0.2, 0) is 0 Å². The number of hydrogen-bond acceptors (Lipinski definition) is 2. The average molecular weight is 355 g/mol. The van der Waals surface area contributed by atoms with Crippen molar-refractivity contribution in [3.8, 4) is 5.88 Å². The normalized spacial score (nSPS) is 11.6. The Kier molecular flexibility index (Phi) is 3.65. The van der Waals surface area contributed by atoms with Gasteiger partial charge in [-0.15, -0.1) is 13.2 Å². The minimum atomic E-state index is -4.79. The summed E-state index contributed by atoms with van der Waals surface area (Å²) in [5, 5.41) is 0.0688. The summed E-state index contributed by atoms with van der Waals surface area (Å²) in [5.41, 5.74) is 0. The molecule has 1 rings (SSSR count). The standard InChI is InChI=1S/C6HBr2ClF3NO/c7-2-1-13-5(3(8)4(2)9)14-6(10,11)12/h1H. The lowest BCUT2D eigenvalue weighted by Gasteiger charge is -2.10. The highest BCUT2D eigenvalue weighted by molar-refractivity contribution is 9.11. The molecule has 0 aromatic carbocycles. The third-order valence-corrected chi connectivity index (χ3v) is 3.28. The minimum Gasteiger partial charge on any atom is -0.387 e. The van der Waals surface area contributed by atoms with Crippen molar-refractivity contribution in [1.29, 1.82) is 0 Å². The van der Waals surface area contributed by atoms with Crippen LogP contribution in [0.4, 0.5) is 13.2 Å². The third-order valence-electron chi connectivity index (χ3n) is 1.10. The fourth-order valence-electron chi connectivity index (χ4n) is 0.608. The molecule has 0 unspecified atom stereocenters. The summed E-state index contributed by atoms with van der Waals surface area (Å²) in [5.74, 6) is -0.620. The van der Waals surface area contributed by atoms with Gasteiger partial charge in [-0.25, -0.2) is 4.98 Å². The highest BCUT2D eigenvalue weighted by Gasteiger charge is 2.33. The van der Waals surface area contributed by atoms with E-state index in [1.165, 1.54) is 0 Å². The van der Waals surface area contributed by atoms with Gasteiger partial charge in [-0.3, -0.25) is 0 Å². The molecule has 1 aromatic rings. The number of pyridine rings is 1. The van der Waals surface area contributed by atoms with Gasteiger partial charge in [-0.2, -0.15) is 0 Å². The van der Waals surface area contributed by atoms with E-state index >= 15 is 0 Å². The van der Waals surface area contributed by atoms with E-state index in [4.69, 9.17) is 11.6 Å². The van der Waals surface area contributed by atoms with E-state index in [9.17, 15) is 13.2 Å². The first-order valence-electron chi connectivity index (χ1n) is 3.06. The smallest absolute Gasteiger partial charge is 0.387 e. The Morgan fingerprint density at radius 3 is 2.43 bits per heavy atom. The predicted octanol–water partition coefficient (Wildman–Crippen LogP) is 4.16. The van der Waals surface area contributed by atoms with Crippen LogP contribution in [0.15, 0.2) is 15.1 Å². The molecule has 0 fully saturated rings. The summed E-state index contributed by atoms with van der Waals surface area (Å²) in [6, 6.07) is 0. The van der Waals surface area contributed by atoms with Crippen LogP contribution < -0.4 is 4.74 Å². The van der Waals surface area contributed by atoms with Crippen molar-refractivity contribution in [3.63, 3.8) is 0 Å². The number of hydrogen-bond donors (Lipinski definition) is 0. The number of aromatic nitrogens is 1. The second-order valence-electron chi connectivity index (χ2n) is 2.09.